The van der Waals surface area contributed by atoms with Crippen LogP contribution in [0, 0.1) is 5.41 Å². The summed E-state index contributed by atoms with van der Waals surface area (Å²) in [7, 11) is 0. The van der Waals surface area contributed by atoms with E-state index in [0.29, 0.717) is 37.7 Å². The number of amidine groups is 1. The highest BCUT2D eigenvalue weighted by atomic mass is 16.2. The monoisotopic (exact) mass is 371 g/mol. The molecule has 0 aromatic heterocycles. The van der Waals surface area contributed by atoms with Gasteiger partial charge in [0.2, 0.25) is 11.8 Å². The van der Waals surface area contributed by atoms with E-state index in [2.05, 4.69) is 10.6 Å². The Morgan fingerprint density at radius 1 is 1.11 bits per heavy atom. The van der Waals surface area contributed by atoms with Gasteiger partial charge in [-0.15, -0.1) is 0 Å². The molecule has 1 aliphatic carbocycles. The van der Waals surface area contributed by atoms with E-state index in [1.54, 1.807) is 17.0 Å². The number of likely N-dealkylation sites (tertiary alicyclic amines) is 1. The van der Waals surface area contributed by atoms with Gasteiger partial charge in [-0.1, -0.05) is 43.5 Å². The van der Waals surface area contributed by atoms with Gasteiger partial charge in [0.25, 0.3) is 0 Å². The van der Waals surface area contributed by atoms with Gasteiger partial charge in [0, 0.05) is 24.7 Å². The maximum absolute atomic E-state index is 12.4. The van der Waals surface area contributed by atoms with Crippen LogP contribution < -0.4 is 16.4 Å². The molecule has 27 heavy (non-hydrogen) atoms. The van der Waals surface area contributed by atoms with Gasteiger partial charge in [0.15, 0.2) is 0 Å². The van der Waals surface area contributed by atoms with Crippen LogP contribution in [0.1, 0.15) is 49.7 Å². The van der Waals surface area contributed by atoms with Gasteiger partial charge in [-0.25, -0.2) is 0 Å². The molecule has 7 nitrogen and oxygen atoms in total. The minimum absolute atomic E-state index is 0.0118. The van der Waals surface area contributed by atoms with Crippen LogP contribution in [0.4, 0.5) is 0 Å². The van der Waals surface area contributed by atoms with Crippen LogP contribution in [0.2, 0.25) is 0 Å². The Morgan fingerprint density at radius 3 is 2.41 bits per heavy atom. The average molecular weight is 371 g/mol. The Kier molecular flexibility index (Phi) is 6.45. The summed E-state index contributed by atoms with van der Waals surface area (Å²) in [5, 5.41) is 13.6. The molecule has 0 radical (unpaired) electrons. The molecule has 1 heterocycles. The van der Waals surface area contributed by atoms with Crippen LogP contribution in [-0.2, 0) is 16.1 Å². The average Bonchev–Trinajstić information content (AvgIpc) is 2.65. The highest BCUT2D eigenvalue weighted by Crippen LogP contribution is 2.19. The second-order valence-corrected chi connectivity index (χ2v) is 7.44. The summed E-state index contributed by atoms with van der Waals surface area (Å²) in [6.45, 7) is 1.37. The summed E-state index contributed by atoms with van der Waals surface area (Å²) >= 11 is 0. The molecule has 146 valence electrons. The first-order valence-electron chi connectivity index (χ1n) is 9.78. The molecule has 0 unspecified atom stereocenters. The molecule has 1 aliphatic heterocycles. The van der Waals surface area contributed by atoms with Gasteiger partial charge in [0.05, 0.1) is 6.54 Å². The SMILES string of the molecule is N=C(N)c1ccc(CNC(=O)[C@@H]2CCN2C(=O)CNC2CCCCC2)cc1. The van der Waals surface area contributed by atoms with Crippen LogP contribution in [0.3, 0.4) is 0 Å². The van der Waals surface area contributed by atoms with Crippen molar-refractivity contribution in [1.82, 2.24) is 15.5 Å². The molecule has 1 aromatic rings. The van der Waals surface area contributed by atoms with Crippen LogP contribution in [0.25, 0.3) is 0 Å². The zero-order chi connectivity index (χ0) is 19.2. The largest absolute Gasteiger partial charge is 0.384 e. The van der Waals surface area contributed by atoms with Gasteiger partial charge in [-0.05, 0) is 24.8 Å². The molecule has 0 spiro atoms. The smallest absolute Gasteiger partial charge is 0.243 e. The number of amides is 2. The number of hydrogen-bond donors (Lipinski definition) is 4. The standard InChI is InChI=1S/C20H29N5O2/c21-19(22)15-8-6-14(7-9-15)12-24-20(27)17-10-11-25(17)18(26)13-23-16-4-2-1-3-5-16/h6-9,16-17,23H,1-5,10-13H2,(H3,21,22)(H,24,27)/t17-/m0/s1. The van der Waals surface area contributed by atoms with E-state index < -0.39 is 0 Å². The Morgan fingerprint density at radius 2 is 1.81 bits per heavy atom. The number of benzene rings is 1. The fourth-order valence-electron chi connectivity index (χ4n) is 3.71. The Bertz CT molecular complexity index is 682. The minimum Gasteiger partial charge on any atom is -0.384 e. The zero-order valence-electron chi connectivity index (χ0n) is 15.7. The number of carbonyl (C=O) groups is 2. The third kappa shape index (κ3) is 5.07. The van der Waals surface area contributed by atoms with Gasteiger partial charge in [0.1, 0.15) is 11.9 Å². The topological polar surface area (TPSA) is 111 Å². The van der Waals surface area contributed by atoms with E-state index >= 15 is 0 Å². The van der Waals surface area contributed by atoms with E-state index in [1.165, 1.54) is 19.3 Å². The summed E-state index contributed by atoms with van der Waals surface area (Å²) < 4.78 is 0. The van der Waals surface area contributed by atoms with E-state index in [-0.39, 0.29) is 23.7 Å². The van der Waals surface area contributed by atoms with Gasteiger partial charge < -0.3 is 21.3 Å². The van der Waals surface area contributed by atoms with Crippen molar-refractivity contribution in [3.8, 4) is 0 Å². The molecule has 1 saturated heterocycles. The first-order chi connectivity index (χ1) is 13.0. The Hall–Kier alpha value is -2.41. The maximum Gasteiger partial charge on any atom is 0.243 e. The molecule has 2 fully saturated rings. The predicted octanol–water partition coefficient (Wildman–Crippen LogP) is 1.11. The van der Waals surface area contributed by atoms with Crippen molar-refractivity contribution < 1.29 is 9.59 Å². The summed E-state index contributed by atoms with van der Waals surface area (Å²) in [6.07, 6.45) is 6.74. The number of hydrogen-bond acceptors (Lipinski definition) is 4. The fraction of sp³-hybridized carbons (Fsp3) is 0.550. The molecule has 0 bridgehead atoms. The van der Waals surface area contributed by atoms with Crippen LogP contribution in [0.15, 0.2) is 24.3 Å². The lowest BCUT2D eigenvalue weighted by atomic mass is 9.95. The molecular weight excluding hydrogens is 342 g/mol. The lowest BCUT2D eigenvalue weighted by molar-refractivity contribution is -0.146. The molecule has 2 amide bonds. The normalized spacial score (nSPS) is 20.0. The number of nitrogens with one attached hydrogen (secondary N) is 3. The number of nitrogens with two attached hydrogens (primary N) is 1. The van der Waals surface area contributed by atoms with E-state index in [1.807, 2.05) is 12.1 Å². The molecule has 1 atom stereocenters. The van der Waals surface area contributed by atoms with Gasteiger partial charge in [-0.3, -0.25) is 15.0 Å². The first kappa shape index (κ1) is 19.4. The highest BCUT2D eigenvalue weighted by molar-refractivity contribution is 5.95. The second-order valence-electron chi connectivity index (χ2n) is 7.44. The van der Waals surface area contributed by atoms with Crippen LogP contribution >= 0.6 is 0 Å². The summed E-state index contributed by atoms with van der Waals surface area (Å²) in [5.41, 5.74) is 7.03. The summed E-state index contributed by atoms with van der Waals surface area (Å²) in [6, 6.07) is 7.29. The van der Waals surface area contributed by atoms with E-state index in [4.69, 9.17) is 11.1 Å². The van der Waals surface area contributed by atoms with Gasteiger partial charge in [-0.2, -0.15) is 0 Å². The summed E-state index contributed by atoms with van der Waals surface area (Å²) in [4.78, 5) is 26.5. The number of rotatable bonds is 7. The molecule has 1 saturated carbocycles. The highest BCUT2D eigenvalue weighted by Gasteiger charge is 2.37. The van der Waals surface area contributed by atoms with Crippen molar-refractivity contribution in [2.24, 2.45) is 5.73 Å². The quantitative estimate of drug-likeness (QED) is 0.425. The van der Waals surface area contributed by atoms with Gasteiger partial charge >= 0.3 is 0 Å². The molecule has 1 aromatic carbocycles. The summed E-state index contributed by atoms with van der Waals surface area (Å²) in [5.74, 6) is -0.0725. The second kappa shape index (κ2) is 8.99. The fourth-order valence-corrected chi connectivity index (χ4v) is 3.71. The van der Waals surface area contributed by atoms with Crippen molar-refractivity contribution in [3.63, 3.8) is 0 Å². The third-order valence-electron chi connectivity index (χ3n) is 5.52. The van der Waals surface area contributed by atoms with Crippen LogP contribution in [0.5, 0.6) is 0 Å². The third-order valence-corrected chi connectivity index (χ3v) is 5.52. The number of nitrogen functional groups attached to an aromatic ring is 1. The Balaban J connectivity index is 1.42. The van der Waals surface area contributed by atoms with Crippen molar-refractivity contribution in [2.75, 3.05) is 13.1 Å². The lowest BCUT2D eigenvalue weighted by Gasteiger charge is -2.40. The number of carbonyl (C=O) groups excluding carboxylic acids is 2. The lowest BCUT2D eigenvalue weighted by Crippen LogP contribution is -2.60. The van der Waals surface area contributed by atoms with Crippen LogP contribution in [-0.4, -0.2) is 47.7 Å². The van der Waals surface area contributed by atoms with Crippen molar-refractivity contribution in [1.29, 1.82) is 5.41 Å². The first-order valence-corrected chi connectivity index (χ1v) is 9.78. The molecule has 3 rings (SSSR count). The minimum atomic E-state index is -0.359. The maximum atomic E-state index is 12.4. The Labute approximate surface area is 160 Å². The molecular formula is C20H29N5O2. The molecule has 2 aliphatic rings. The zero-order valence-corrected chi connectivity index (χ0v) is 15.7. The molecule has 7 heteroatoms. The van der Waals surface area contributed by atoms with Crippen molar-refractivity contribution in [3.05, 3.63) is 35.4 Å². The van der Waals surface area contributed by atoms with E-state index in [9.17, 15) is 9.59 Å². The predicted molar refractivity (Wildman–Crippen MR) is 104 cm³/mol. The van der Waals surface area contributed by atoms with Crippen molar-refractivity contribution in [2.45, 2.75) is 57.2 Å². The van der Waals surface area contributed by atoms with Crippen molar-refractivity contribution >= 4 is 17.6 Å². The van der Waals surface area contributed by atoms with E-state index in [0.717, 1.165) is 18.4 Å². The molecule has 5 N–H and O–H groups in total. The number of nitrogens with zero attached hydrogens (tertiary/aromatic N) is 1.